The third kappa shape index (κ3) is 5.20. The summed E-state index contributed by atoms with van der Waals surface area (Å²) in [7, 11) is 4.95. The summed E-state index contributed by atoms with van der Waals surface area (Å²) >= 11 is 0. The number of likely N-dealkylation sites (N-methyl/N-ethyl adjacent to an activating group) is 1. The summed E-state index contributed by atoms with van der Waals surface area (Å²) in [5.74, 6) is 0.0436. The molecule has 0 atom stereocenters. The number of anilines is 2. The molecule has 1 aromatic carbocycles. The molecule has 0 spiro atoms. The van der Waals surface area contributed by atoms with Crippen LogP contribution in [-0.2, 0) is 11.8 Å². The normalized spacial score (nSPS) is 14.0. The molecule has 13 heteroatoms. The van der Waals surface area contributed by atoms with Gasteiger partial charge in [0.05, 0.1) is 31.1 Å². The van der Waals surface area contributed by atoms with E-state index in [9.17, 15) is 14.4 Å². The predicted octanol–water partition coefficient (Wildman–Crippen LogP) is 0.110. The standard InChI is InChI=1S/C23H28N8O5/c1-29-7-9-31(10-8-29)17(32)6-11-36-16-5-4-15-18(19(16)35-3)27-23(30(2)21(15)34)28-20(33)14-12-25-22(24)26-13-14/h4-5,12-13H,6-11H2,1-3H3,(H2,24,25,26)(H,27,28,33). The summed E-state index contributed by atoms with van der Waals surface area (Å²) in [4.78, 5) is 54.2. The number of hydrogen-bond donors (Lipinski definition) is 2. The number of nitrogens with zero attached hydrogens (tertiary/aromatic N) is 6. The van der Waals surface area contributed by atoms with Crippen LogP contribution in [0.2, 0.25) is 0 Å². The van der Waals surface area contributed by atoms with Crippen LogP contribution in [-0.4, -0.2) is 88.1 Å². The second-order valence-corrected chi connectivity index (χ2v) is 8.36. The highest BCUT2D eigenvalue weighted by molar-refractivity contribution is 6.03. The molecule has 0 bridgehead atoms. The van der Waals surface area contributed by atoms with Crippen LogP contribution in [0.3, 0.4) is 0 Å². The van der Waals surface area contributed by atoms with Crippen molar-refractivity contribution in [3.63, 3.8) is 0 Å². The van der Waals surface area contributed by atoms with Gasteiger partial charge in [-0.1, -0.05) is 0 Å². The van der Waals surface area contributed by atoms with Crippen LogP contribution in [0.1, 0.15) is 16.8 Å². The Hall–Kier alpha value is -4.26. The van der Waals surface area contributed by atoms with Crippen molar-refractivity contribution in [3.8, 4) is 11.5 Å². The molecule has 3 N–H and O–H groups in total. The fraction of sp³-hybridized carbons (Fsp3) is 0.391. The van der Waals surface area contributed by atoms with E-state index in [4.69, 9.17) is 15.2 Å². The van der Waals surface area contributed by atoms with Gasteiger partial charge < -0.3 is 25.0 Å². The first-order chi connectivity index (χ1) is 17.3. The molecule has 3 aromatic rings. The average Bonchev–Trinajstić information content (AvgIpc) is 2.87. The van der Waals surface area contributed by atoms with E-state index < -0.39 is 5.91 Å². The Labute approximate surface area is 206 Å². The summed E-state index contributed by atoms with van der Waals surface area (Å²) in [5, 5.41) is 2.87. The number of aromatic nitrogens is 4. The van der Waals surface area contributed by atoms with Crippen LogP contribution in [0, 0.1) is 0 Å². The number of piperazine rings is 1. The quantitative estimate of drug-likeness (QED) is 0.460. The smallest absolute Gasteiger partial charge is 0.262 e. The van der Waals surface area contributed by atoms with E-state index in [0.29, 0.717) is 18.8 Å². The predicted molar refractivity (Wildman–Crippen MR) is 132 cm³/mol. The number of nitrogen functional groups attached to an aromatic ring is 1. The third-order valence-corrected chi connectivity index (χ3v) is 5.96. The Balaban J connectivity index is 1.54. The Kier molecular flexibility index (Phi) is 7.29. The molecule has 1 saturated heterocycles. The van der Waals surface area contributed by atoms with Crippen molar-refractivity contribution in [2.24, 2.45) is 7.05 Å². The molecule has 3 heterocycles. The van der Waals surface area contributed by atoms with E-state index >= 15 is 0 Å². The first-order valence-electron chi connectivity index (χ1n) is 11.3. The molecule has 2 aromatic heterocycles. The molecular weight excluding hydrogens is 468 g/mol. The highest BCUT2D eigenvalue weighted by atomic mass is 16.5. The monoisotopic (exact) mass is 496 g/mol. The van der Waals surface area contributed by atoms with Gasteiger partial charge >= 0.3 is 0 Å². The summed E-state index contributed by atoms with van der Waals surface area (Å²) in [6.45, 7) is 3.21. The zero-order valence-corrected chi connectivity index (χ0v) is 20.4. The Morgan fingerprint density at radius 1 is 1.11 bits per heavy atom. The summed E-state index contributed by atoms with van der Waals surface area (Å²) in [5.41, 5.74) is 5.44. The topological polar surface area (TPSA) is 158 Å². The van der Waals surface area contributed by atoms with Gasteiger partial charge in [-0.2, -0.15) is 0 Å². The zero-order valence-electron chi connectivity index (χ0n) is 20.4. The lowest BCUT2D eigenvalue weighted by atomic mass is 10.2. The molecule has 0 radical (unpaired) electrons. The number of benzene rings is 1. The minimum Gasteiger partial charge on any atom is -0.491 e. The molecule has 13 nitrogen and oxygen atoms in total. The number of hydrogen-bond acceptors (Lipinski definition) is 10. The van der Waals surface area contributed by atoms with Crippen LogP contribution >= 0.6 is 0 Å². The second-order valence-electron chi connectivity index (χ2n) is 8.36. The van der Waals surface area contributed by atoms with Gasteiger partial charge in [-0.3, -0.25) is 24.3 Å². The maximum atomic E-state index is 13.0. The van der Waals surface area contributed by atoms with Gasteiger partial charge in [0, 0.05) is 45.6 Å². The number of carbonyl (C=O) groups excluding carboxylic acids is 2. The van der Waals surface area contributed by atoms with E-state index in [1.54, 1.807) is 12.1 Å². The molecule has 1 aliphatic heterocycles. The fourth-order valence-electron chi connectivity index (χ4n) is 3.81. The van der Waals surface area contributed by atoms with Crippen LogP contribution < -0.4 is 26.1 Å². The summed E-state index contributed by atoms with van der Waals surface area (Å²) in [6, 6.07) is 3.18. The number of ether oxygens (including phenoxy) is 2. The van der Waals surface area contributed by atoms with Crippen LogP contribution in [0.4, 0.5) is 11.9 Å². The lowest BCUT2D eigenvalue weighted by molar-refractivity contribution is -0.133. The minimum atomic E-state index is -0.564. The van der Waals surface area contributed by atoms with Crippen LogP contribution in [0.15, 0.2) is 29.3 Å². The molecule has 0 unspecified atom stereocenters. The van der Waals surface area contributed by atoms with Gasteiger partial charge in [-0.25, -0.2) is 15.0 Å². The minimum absolute atomic E-state index is 0.00461. The zero-order chi connectivity index (χ0) is 25.8. The number of carbonyl (C=O) groups is 2. The van der Waals surface area contributed by atoms with E-state index in [0.717, 1.165) is 13.1 Å². The Bertz CT molecular complexity index is 1330. The molecular formula is C23H28N8O5. The van der Waals surface area contributed by atoms with Crippen molar-refractivity contribution in [3.05, 3.63) is 40.4 Å². The lowest BCUT2D eigenvalue weighted by Crippen LogP contribution is -2.47. The Morgan fingerprint density at radius 3 is 2.47 bits per heavy atom. The summed E-state index contributed by atoms with van der Waals surface area (Å²) < 4.78 is 12.6. The van der Waals surface area contributed by atoms with E-state index in [1.165, 1.54) is 31.1 Å². The lowest BCUT2D eigenvalue weighted by Gasteiger charge is -2.32. The number of amides is 2. The molecule has 2 amide bonds. The van der Waals surface area contributed by atoms with Crippen molar-refractivity contribution >= 4 is 34.6 Å². The van der Waals surface area contributed by atoms with Crippen LogP contribution in [0.25, 0.3) is 10.9 Å². The molecule has 1 aliphatic rings. The molecule has 4 rings (SSSR count). The van der Waals surface area contributed by atoms with E-state index in [1.807, 2.05) is 11.9 Å². The highest BCUT2D eigenvalue weighted by Crippen LogP contribution is 2.34. The maximum Gasteiger partial charge on any atom is 0.262 e. The van der Waals surface area contributed by atoms with Gasteiger partial charge in [0.15, 0.2) is 11.5 Å². The number of fused-ring (bicyclic) bond motifs is 1. The maximum absolute atomic E-state index is 13.0. The molecule has 190 valence electrons. The summed E-state index contributed by atoms with van der Waals surface area (Å²) in [6.07, 6.45) is 2.75. The molecule has 36 heavy (non-hydrogen) atoms. The van der Waals surface area contributed by atoms with Crippen molar-refractivity contribution in [1.82, 2.24) is 29.3 Å². The largest absolute Gasteiger partial charge is 0.491 e. The Morgan fingerprint density at radius 2 is 1.81 bits per heavy atom. The molecule has 0 aliphatic carbocycles. The van der Waals surface area contributed by atoms with E-state index in [-0.39, 0.29) is 58.6 Å². The number of nitrogens with two attached hydrogens (primary N) is 1. The SMILES string of the molecule is COc1c(OCCC(=O)N2CCN(C)CC2)ccc2c(=O)n(C)c(NC(=O)c3cnc(N)nc3)nc12. The van der Waals surface area contributed by atoms with Gasteiger partial charge in [0.1, 0.15) is 5.52 Å². The van der Waals surface area contributed by atoms with E-state index in [2.05, 4.69) is 25.2 Å². The first kappa shape index (κ1) is 24.9. The number of rotatable bonds is 7. The van der Waals surface area contributed by atoms with Crippen molar-refractivity contribution in [1.29, 1.82) is 0 Å². The van der Waals surface area contributed by atoms with Crippen molar-refractivity contribution < 1.29 is 19.1 Å². The first-order valence-corrected chi connectivity index (χ1v) is 11.3. The van der Waals surface area contributed by atoms with Crippen molar-refractivity contribution in [2.45, 2.75) is 6.42 Å². The molecule has 0 saturated carbocycles. The molecule has 1 fully saturated rings. The van der Waals surface area contributed by atoms with Crippen LogP contribution in [0.5, 0.6) is 11.5 Å². The third-order valence-electron chi connectivity index (χ3n) is 5.96. The second kappa shape index (κ2) is 10.6. The highest BCUT2D eigenvalue weighted by Gasteiger charge is 2.21. The number of methoxy groups -OCH3 is 1. The van der Waals surface area contributed by atoms with Crippen molar-refractivity contribution in [2.75, 3.05) is 58.0 Å². The number of nitrogens with one attached hydrogen (secondary N) is 1. The van der Waals surface area contributed by atoms with Gasteiger partial charge in [0.25, 0.3) is 11.5 Å². The average molecular weight is 497 g/mol. The van der Waals surface area contributed by atoms with Gasteiger partial charge in [-0.15, -0.1) is 0 Å². The van der Waals surface area contributed by atoms with Gasteiger partial charge in [-0.05, 0) is 19.2 Å². The fourth-order valence-corrected chi connectivity index (χ4v) is 3.81. The van der Waals surface area contributed by atoms with Gasteiger partial charge in [0.2, 0.25) is 17.8 Å².